The summed E-state index contributed by atoms with van der Waals surface area (Å²) < 4.78 is 1.58. The summed E-state index contributed by atoms with van der Waals surface area (Å²) in [6.45, 7) is 3.90. The number of aryl methyl sites for hydroxylation is 1. The van der Waals surface area contributed by atoms with Gasteiger partial charge in [-0.25, -0.2) is 15.0 Å². The summed E-state index contributed by atoms with van der Waals surface area (Å²) in [5.74, 6) is 0.605. The van der Waals surface area contributed by atoms with Crippen molar-refractivity contribution in [1.29, 1.82) is 5.26 Å². The van der Waals surface area contributed by atoms with Crippen molar-refractivity contribution in [1.82, 2.24) is 19.5 Å². The summed E-state index contributed by atoms with van der Waals surface area (Å²) in [5, 5.41) is 17.0. The molecule has 0 bridgehead atoms. The van der Waals surface area contributed by atoms with Crippen LogP contribution in [0.1, 0.15) is 25.2 Å². The van der Waals surface area contributed by atoms with Crippen molar-refractivity contribution >= 4 is 39.6 Å². The third-order valence-corrected chi connectivity index (χ3v) is 5.40. The van der Waals surface area contributed by atoms with Gasteiger partial charge in [-0.3, -0.25) is 4.79 Å². The molecule has 0 saturated heterocycles. The third-order valence-electron chi connectivity index (χ3n) is 5.11. The average Bonchev–Trinajstić information content (AvgIpc) is 2.78. The number of hydrogen-bond acceptors (Lipinski definition) is 7. The summed E-state index contributed by atoms with van der Waals surface area (Å²) in [6, 6.07) is 12.7. The van der Waals surface area contributed by atoms with Gasteiger partial charge in [-0.2, -0.15) is 5.26 Å². The Morgan fingerprint density at radius 1 is 1.06 bits per heavy atom. The number of nitriles is 1. The molecule has 3 heterocycles. The molecule has 9 heteroatoms. The lowest BCUT2D eigenvalue weighted by molar-refractivity contribution is 0.563. The van der Waals surface area contributed by atoms with Gasteiger partial charge in [0.25, 0.3) is 5.56 Å². The molecule has 4 rings (SSSR count). The average molecular weight is 446 g/mol. The van der Waals surface area contributed by atoms with Crippen molar-refractivity contribution in [3.63, 3.8) is 0 Å². The van der Waals surface area contributed by atoms with Gasteiger partial charge in [0.15, 0.2) is 5.82 Å². The Balaban J connectivity index is 1.81. The molecule has 160 valence electrons. The molecule has 0 aliphatic heterocycles. The largest absolute Gasteiger partial charge is 0.372 e. The SMILES string of the molecule is Cn1c(=O)cc(NC(C)(C)c2ncccn2)c2cc(Nc3ccnc(Cl)c3C#N)ccc21. The van der Waals surface area contributed by atoms with Gasteiger partial charge in [0, 0.05) is 48.5 Å². The van der Waals surface area contributed by atoms with Crippen LogP contribution in [0.3, 0.4) is 0 Å². The highest BCUT2D eigenvalue weighted by Gasteiger charge is 2.24. The number of aromatic nitrogens is 4. The van der Waals surface area contributed by atoms with Gasteiger partial charge in [-0.15, -0.1) is 0 Å². The minimum atomic E-state index is -0.628. The first-order chi connectivity index (χ1) is 15.3. The molecule has 1 aromatic carbocycles. The van der Waals surface area contributed by atoms with Crippen LogP contribution < -0.4 is 16.2 Å². The molecule has 0 saturated carbocycles. The molecule has 3 aromatic heterocycles. The number of fused-ring (bicyclic) bond motifs is 1. The van der Waals surface area contributed by atoms with E-state index >= 15 is 0 Å². The van der Waals surface area contributed by atoms with Crippen LogP contribution in [0.2, 0.25) is 5.15 Å². The Hall–Kier alpha value is -3.96. The van der Waals surface area contributed by atoms with Gasteiger partial charge in [-0.05, 0) is 44.2 Å². The number of hydrogen-bond donors (Lipinski definition) is 2. The quantitative estimate of drug-likeness (QED) is 0.440. The zero-order chi connectivity index (χ0) is 22.9. The molecule has 0 radical (unpaired) electrons. The standard InChI is InChI=1S/C23H20ClN7O/c1-23(2,22-27-8-4-9-28-22)30-18-12-20(32)31(3)19-6-5-14(11-15(18)19)29-17-7-10-26-21(24)16(17)13-25/h4-12,30H,1-3H3,(H,26,29). The normalized spacial score (nSPS) is 11.2. The lowest BCUT2D eigenvalue weighted by atomic mass is 10.0. The van der Waals surface area contributed by atoms with Crippen molar-refractivity contribution in [3.05, 3.63) is 81.9 Å². The second-order valence-corrected chi connectivity index (χ2v) is 8.13. The number of halogens is 1. The van der Waals surface area contributed by atoms with Crippen molar-refractivity contribution in [2.24, 2.45) is 7.05 Å². The fourth-order valence-corrected chi connectivity index (χ4v) is 3.66. The molecule has 0 spiro atoms. The van der Waals surface area contributed by atoms with E-state index in [2.05, 4.69) is 31.7 Å². The first-order valence-corrected chi connectivity index (χ1v) is 10.2. The van der Waals surface area contributed by atoms with Gasteiger partial charge in [-0.1, -0.05) is 11.6 Å². The molecule has 0 fully saturated rings. The number of nitrogens with one attached hydrogen (secondary N) is 2. The van der Waals surface area contributed by atoms with Gasteiger partial charge in [0.2, 0.25) is 0 Å². The summed E-state index contributed by atoms with van der Waals surface area (Å²) in [4.78, 5) is 25.2. The van der Waals surface area contributed by atoms with Gasteiger partial charge >= 0.3 is 0 Å². The van der Waals surface area contributed by atoms with E-state index in [1.165, 1.54) is 6.20 Å². The Kier molecular flexibility index (Phi) is 5.51. The molecule has 8 nitrogen and oxygen atoms in total. The van der Waals surface area contributed by atoms with Crippen molar-refractivity contribution < 1.29 is 0 Å². The molecule has 4 aromatic rings. The van der Waals surface area contributed by atoms with Gasteiger partial charge in [0.05, 0.1) is 16.7 Å². The highest BCUT2D eigenvalue weighted by molar-refractivity contribution is 6.31. The second kappa shape index (κ2) is 8.29. The minimum absolute atomic E-state index is 0.132. The fraction of sp³-hybridized carbons (Fsp3) is 0.174. The van der Waals surface area contributed by atoms with E-state index in [1.54, 1.807) is 42.2 Å². The maximum atomic E-state index is 12.6. The molecule has 0 aliphatic carbocycles. The number of rotatable bonds is 5. The minimum Gasteiger partial charge on any atom is -0.372 e. The molecule has 0 amide bonds. The van der Waals surface area contributed by atoms with Crippen LogP contribution in [0.25, 0.3) is 10.9 Å². The molecule has 32 heavy (non-hydrogen) atoms. The molecule has 2 N–H and O–H groups in total. The topological polar surface area (TPSA) is 109 Å². The summed E-state index contributed by atoms with van der Waals surface area (Å²) >= 11 is 6.05. The van der Waals surface area contributed by atoms with E-state index in [9.17, 15) is 10.1 Å². The Morgan fingerprint density at radius 3 is 2.53 bits per heavy atom. The number of nitrogens with zero attached hydrogens (tertiary/aromatic N) is 5. The molecule has 0 aliphatic rings. The zero-order valence-corrected chi connectivity index (χ0v) is 18.5. The van der Waals surface area contributed by atoms with Crippen LogP contribution in [0.4, 0.5) is 17.1 Å². The van der Waals surface area contributed by atoms with Gasteiger partial charge in [0.1, 0.15) is 16.8 Å². The maximum absolute atomic E-state index is 12.6. The van der Waals surface area contributed by atoms with Crippen molar-refractivity contribution in [3.8, 4) is 6.07 Å². The first-order valence-electron chi connectivity index (χ1n) is 9.81. The molecule has 0 atom stereocenters. The fourth-order valence-electron chi connectivity index (χ4n) is 3.46. The van der Waals surface area contributed by atoms with E-state index in [4.69, 9.17) is 11.6 Å². The molecular weight excluding hydrogens is 426 g/mol. The van der Waals surface area contributed by atoms with Gasteiger partial charge < -0.3 is 15.2 Å². The number of anilines is 3. The Bertz CT molecular complexity index is 1410. The lowest BCUT2D eigenvalue weighted by Crippen LogP contribution is -2.31. The predicted octanol–water partition coefficient (Wildman–Crippen LogP) is 4.34. The maximum Gasteiger partial charge on any atom is 0.252 e. The Morgan fingerprint density at radius 2 is 1.81 bits per heavy atom. The lowest BCUT2D eigenvalue weighted by Gasteiger charge is -2.27. The third kappa shape index (κ3) is 3.98. The van der Waals surface area contributed by atoms with E-state index in [1.807, 2.05) is 32.0 Å². The van der Waals surface area contributed by atoms with E-state index in [0.29, 0.717) is 17.2 Å². The predicted molar refractivity (Wildman–Crippen MR) is 125 cm³/mol. The summed E-state index contributed by atoms with van der Waals surface area (Å²) in [7, 11) is 1.73. The van der Waals surface area contributed by atoms with Crippen LogP contribution in [-0.2, 0) is 12.6 Å². The van der Waals surface area contributed by atoms with E-state index in [0.717, 1.165) is 16.6 Å². The highest BCUT2D eigenvalue weighted by atomic mass is 35.5. The first kappa shape index (κ1) is 21.3. The van der Waals surface area contributed by atoms with Crippen LogP contribution in [0, 0.1) is 11.3 Å². The molecular formula is C23H20ClN7O. The Labute approximate surface area is 189 Å². The second-order valence-electron chi connectivity index (χ2n) is 7.77. The zero-order valence-electron chi connectivity index (χ0n) is 17.7. The summed E-state index contributed by atoms with van der Waals surface area (Å²) in [5.41, 5.74) is 2.17. The molecule has 0 unspecified atom stereocenters. The van der Waals surface area contributed by atoms with Crippen molar-refractivity contribution in [2.75, 3.05) is 10.6 Å². The van der Waals surface area contributed by atoms with Crippen LogP contribution in [0.5, 0.6) is 0 Å². The van der Waals surface area contributed by atoms with E-state index in [-0.39, 0.29) is 16.3 Å². The van der Waals surface area contributed by atoms with Crippen molar-refractivity contribution in [2.45, 2.75) is 19.4 Å². The summed E-state index contributed by atoms with van der Waals surface area (Å²) in [6.07, 6.45) is 4.90. The highest BCUT2D eigenvalue weighted by Crippen LogP contribution is 2.31. The van der Waals surface area contributed by atoms with Crippen LogP contribution in [0.15, 0.2) is 59.8 Å². The number of pyridine rings is 2. The monoisotopic (exact) mass is 445 g/mol. The number of benzene rings is 1. The van der Waals surface area contributed by atoms with E-state index < -0.39 is 5.54 Å². The van der Waals surface area contributed by atoms with Crippen LogP contribution >= 0.6 is 11.6 Å². The van der Waals surface area contributed by atoms with Crippen LogP contribution in [-0.4, -0.2) is 19.5 Å². The smallest absolute Gasteiger partial charge is 0.252 e.